The van der Waals surface area contributed by atoms with Crippen molar-refractivity contribution >= 4 is 11.8 Å². The Morgan fingerprint density at radius 1 is 0.889 bits per heavy atom. The van der Waals surface area contributed by atoms with Gasteiger partial charge in [0.05, 0.1) is 26.9 Å². The van der Waals surface area contributed by atoms with Crippen LogP contribution in [0.3, 0.4) is 0 Å². The molecule has 7 nitrogen and oxygen atoms in total. The van der Waals surface area contributed by atoms with E-state index in [1.807, 2.05) is 61.2 Å². The highest BCUT2D eigenvalue weighted by Crippen LogP contribution is 2.38. The van der Waals surface area contributed by atoms with E-state index >= 15 is 0 Å². The highest BCUT2D eigenvalue weighted by molar-refractivity contribution is 5.96. The maximum atomic E-state index is 14.1. The Morgan fingerprint density at radius 3 is 2.25 bits per heavy atom. The molecule has 2 aromatic rings. The first-order valence-corrected chi connectivity index (χ1v) is 13.0. The molecule has 1 heterocycles. The first kappa shape index (κ1) is 25.9. The van der Waals surface area contributed by atoms with Gasteiger partial charge in [0.15, 0.2) is 11.5 Å². The average Bonchev–Trinajstić information content (AvgIpc) is 3.16. The van der Waals surface area contributed by atoms with E-state index in [0.29, 0.717) is 17.2 Å². The molecule has 194 valence electrons. The van der Waals surface area contributed by atoms with E-state index in [-0.39, 0.29) is 37.0 Å². The van der Waals surface area contributed by atoms with Crippen LogP contribution in [-0.4, -0.2) is 54.5 Å². The van der Waals surface area contributed by atoms with Crippen molar-refractivity contribution in [3.05, 3.63) is 53.6 Å². The number of carbonyl (C=O) groups is 2. The van der Waals surface area contributed by atoms with E-state index < -0.39 is 6.04 Å². The number of ether oxygens (including phenoxy) is 3. The molecular formula is C29H38N2O5. The monoisotopic (exact) mass is 494 g/mol. The molecule has 0 radical (unpaired) electrons. The second-order valence-corrected chi connectivity index (χ2v) is 9.92. The van der Waals surface area contributed by atoms with Crippen LogP contribution in [0.4, 0.5) is 0 Å². The topological polar surface area (TPSA) is 68.3 Å². The number of para-hydroxylation sites is 1. The van der Waals surface area contributed by atoms with Crippen LogP contribution in [0.5, 0.6) is 17.2 Å². The third kappa shape index (κ3) is 5.61. The van der Waals surface area contributed by atoms with Crippen LogP contribution in [0.15, 0.2) is 42.5 Å². The normalized spacial score (nSPS) is 19.4. The number of amides is 2. The molecule has 1 atom stereocenters. The Morgan fingerprint density at radius 2 is 1.58 bits per heavy atom. The van der Waals surface area contributed by atoms with Gasteiger partial charge in [-0.05, 0) is 50.5 Å². The zero-order valence-electron chi connectivity index (χ0n) is 21.9. The zero-order valence-corrected chi connectivity index (χ0v) is 21.9. The number of methoxy groups -OCH3 is 2. The van der Waals surface area contributed by atoms with Crippen LogP contribution >= 0.6 is 0 Å². The van der Waals surface area contributed by atoms with Gasteiger partial charge in [-0.1, -0.05) is 49.9 Å². The average molecular weight is 495 g/mol. The quantitative estimate of drug-likeness (QED) is 0.476. The lowest BCUT2D eigenvalue weighted by Gasteiger charge is -2.43. The predicted octanol–water partition coefficient (Wildman–Crippen LogP) is 5.13. The number of benzene rings is 2. The molecule has 0 bridgehead atoms. The number of carbonyl (C=O) groups excluding carboxylic acids is 2. The van der Waals surface area contributed by atoms with E-state index in [1.165, 1.54) is 12.8 Å². The van der Waals surface area contributed by atoms with Crippen molar-refractivity contribution in [2.75, 3.05) is 20.8 Å². The summed E-state index contributed by atoms with van der Waals surface area (Å²) in [6.45, 7) is 4.30. The van der Waals surface area contributed by atoms with Crippen LogP contribution < -0.4 is 14.2 Å². The Balaban J connectivity index is 1.73. The van der Waals surface area contributed by atoms with E-state index in [4.69, 9.17) is 14.2 Å². The van der Waals surface area contributed by atoms with E-state index in [1.54, 1.807) is 19.1 Å². The van der Waals surface area contributed by atoms with Crippen molar-refractivity contribution in [3.63, 3.8) is 0 Å². The highest BCUT2D eigenvalue weighted by atomic mass is 16.5. The van der Waals surface area contributed by atoms with Crippen molar-refractivity contribution in [3.8, 4) is 17.2 Å². The van der Waals surface area contributed by atoms with Gasteiger partial charge in [0.1, 0.15) is 18.3 Å². The summed E-state index contributed by atoms with van der Waals surface area (Å²) in [5.41, 5.74) is 1.58. The van der Waals surface area contributed by atoms with Gasteiger partial charge in [-0.3, -0.25) is 9.59 Å². The molecule has 7 heteroatoms. The van der Waals surface area contributed by atoms with Gasteiger partial charge in [-0.25, -0.2) is 0 Å². The summed E-state index contributed by atoms with van der Waals surface area (Å²) in [4.78, 5) is 31.3. The van der Waals surface area contributed by atoms with Gasteiger partial charge in [0, 0.05) is 11.6 Å². The summed E-state index contributed by atoms with van der Waals surface area (Å²) in [5, 5.41) is 0. The first-order chi connectivity index (χ1) is 17.4. The van der Waals surface area contributed by atoms with Crippen molar-refractivity contribution < 1.29 is 23.8 Å². The van der Waals surface area contributed by atoms with E-state index in [2.05, 4.69) is 0 Å². The third-order valence-electron chi connectivity index (χ3n) is 7.12. The van der Waals surface area contributed by atoms with Crippen LogP contribution in [0.1, 0.15) is 69.5 Å². The summed E-state index contributed by atoms with van der Waals surface area (Å²) in [6, 6.07) is 12.5. The lowest BCUT2D eigenvalue weighted by atomic mass is 9.96. The minimum atomic E-state index is -0.749. The summed E-state index contributed by atoms with van der Waals surface area (Å²) in [6.07, 6.45) is 6.43. The number of hydrogen-bond acceptors (Lipinski definition) is 5. The molecule has 1 aliphatic carbocycles. The largest absolute Gasteiger partial charge is 0.496 e. The summed E-state index contributed by atoms with van der Waals surface area (Å²) < 4.78 is 17.0. The molecule has 2 amide bonds. The van der Waals surface area contributed by atoms with Crippen LogP contribution in [0, 0.1) is 0 Å². The summed E-state index contributed by atoms with van der Waals surface area (Å²) in [7, 11) is 3.20. The Hall–Kier alpha value is -3.22. The lowest BCUT2D eigenvalue weighted by molar-refractivity contribution is -0.159. The van der Waals surface area contributed by atoms with Crippen molar-refractivity contribution in [1.82, 2.24) is 9.80 Å². The standard InChI is InChI=1S/C29H38N2O5/c1-20(2)36-25-16-15-21(17-26(25)35-4)28-29(33)30(23-12-7-5-6-8-13-23)19-27(32)31(28)18-22-11-9-10-14-24(22)34-3/h9-11,14-17,20,23,28H,5-8,12-13,18-19H2,1-4H3/t28-/m0/s1. The Labute approximate surface area is 214 Å². The molecular weight excluding hydrogens is 456 g/mol. The maximum Gasteiger partial charge on any atom is 0.250 e. The van der Waals surface area contributed by atoms with Crippen LogP contribution in [-0.2, 0) is 16.1 Å². The molecule has 2 aliphatic rings. The highest BCUT2D eigenvalue weighted by Gasteiger charge is 2.43. The smallest absolute Gasteiger partial charge is 0.250 e. The number of hydrogen-bond donors (Lipinski definition) is 0. The molecule has 2 aromatic carbocycles. The molecule has 0 spiro atoms. The molecule has 1 saturated carbocycles. The summed E-state index contributed by atoms with van der Waals surface area (Å²) in [5.74, 6) is 1.76. The van der Waals surface area contributed by atoms with Crippen molar-refractivity contribution in [2.45, 2.75) is 77.1 Å². The molecule has 1 saturated heterocycles. The van der Waals surface area contributed by atoms with Crippen molar-refractivity contribution in [1.29, 1.82) is 0 Å². The zero-order chi connectivity index (χ0) is 25.7. The molecule has 2 fully saturated rings. The SMILES string of the molecule is COc1ccccc1CN1C(=O)CN(C2CCCCCC2)C(=O)[C@@H]1c1ccc(OC(C)C)c(OC)c1. The fraction of sp³-hybridized carbons (Fsp3) is 0.517. The van der Waals surface area contributed by atoms with Crippen molar-refractivity contribution in [2.24, 2.45) is 0 Å². The third-order valence-corrected chi connectivity index (χ3v) is 7.12. The van der Waals surface area contributed by atoms with Gasteiger partial charge in [-0.2, -0.15) is 0 Å². The van der Waals surface area contributed by atoms with Crippen LogP contribution in [0.2, 0.25) is 0 Å². The van der Waals surface area contributed by atoms with Gasteiger partial charge in [0.2, 0.25) is 5.91 Å². The Kier molecular flexibility index (Phi) is 8.39. The molecule has 0 aromatic heterocycles. The minimum Gasteiger partial charge on any atom is -0.496 e. The minimum absolute atomic E-state index is 0.0181. The summed E-state index contributed by atoms with van der Waals surface area (Å²) >= 11 is 0. The molecule has 0 unspecified atom stereocenters. The second kappa shape index (κ2) is 11.7. The van der Waals surface area contributed by atoms with E-state index in [0.717, 1.165) is 36.8 Å². The lowest BCUT2D eigenvalue weighted by Crippen LogP contribution is -2.57. The Bertz CT molecular complexity index is 1060. The first-order valence-electron chi connectivity index (χ1n) is 13.0. The molecule has 1 aliphatic heterocycles. The second-order valence-electron chi connectivity index (χ2n) is 9.92. The van der Waals surface area contributed by atoms with Crippen LogP contribution in [0.25, 0.3) is 0 Å². The number of piperazine rings is 1. The fourth-order valence-corrected chi connectivity index (χ4v) is 5.35. The van der Waals surface area contributed by atoms with E-state index in [9.17, 15) is 9.59 Å². The van der Waals surface area contributed by atoms with Gasteiger partial charge >= 0.3 is 0 Å². The number of nitrogens with zero attached hydrogens (tertiary/aromatic N) is 2. The number of rotatable bonds is 8. The maximum absolute atomic E-state index is 14.1. The van der Waals surface area contributed by atoms with Gasteiger partial charge in [-0.15, -0.1) is 0 Å². The molecule has 0 N–H and O–H groups in total. The van der Waals surface area contributed by atoms with Gasteiger partial charge < -0.3 is 24.0 Å². The molecule has 4 rings (SSSR count). The van der Waals surface area contributed by atoms with Gasteiger partial charge in [0.25, 0.3) is 5.91 Å². The fourth-order valence-electron chi connectivity index (χ4n) is 5.35. The molecule has 36 heavy (non-hydrogen) atoms. The predicted molar refractivity (Wildman–Crippen MR) is 138 cm³/mol.